The highest BCUT2D eigenvalue weighted by Crippen LogP contribution is 2.20. The summed E-state index contributed by atoms with van der Waals surface area (Å²) in [6.45, 7) is 9.68. The van der Waals surface area contributed by atoms with Gasteiger partial charge in [-0.2, -0.15) is 0 Å². The first-order chi connectivity index (χ1) is 8.76. The molecule has 0 heterocycles. The lowest BCUT2D eigenvalue weighted by Crippen LogP contribution is -2.22. The molecule has 0 radical (unpaired) electrons. The van der Waals surface area contributed by atoms with Crippen LogP contribution in [-0.2, 0) is 4.79 Å². The van der Waals surface area contributed by atoms with Crippen LogP contribution in [0.3, 0.4) is 0 Å². The van der Waals surface area contributed by atoms with Crippen LogP contribution in [0.2, 0.25) is 0 Å². The molecule has 0 saturated carbocycles. The van der Waals surface area contributed by atoms with Gasteiger partial charge in [0.15, 0.2) is 5.78 Å². The van der Waals surface area contributed by atoms with E-state index in [0.717, 1.165) is 37.7 Å². The van der Waals surface area contributed by atoms with Gasteiger partial charge < -0.3 is 5.11 Å². The molecular formula is C17H30O2. The fourth-order valence-electron chi connectivity index (χ4n) is 1.98. The summed E-state index contributed by atoms with van der Waals surface area (Å²) in [5.41, 5.74) is 0.504. The number of hydrogen-bond donors (Lipinski definition) is 1. The molecule has 0 rings (SSSR count). The third-order valence-electron chi connectivity index (χ3n) is 3.52. The highest BCUT2D eigenvalue weighted by atomic mass is 16.3. The van der Waals surface area contributed by atoms with Gasteiger partial charge in [-0.3, -0.25) is 4.79 Å². The quantitative estimate of drug-likeness (QED) is 0.495. The zero-order valence-electron chi connectivity index (χ0n) is 13.2. The van der Waals surface area contributed by atoms with E-state index in [4.69, 9.17) is 0 Å². The second-order valence-corrected chi connectivity index (χ2v) is 5.98. The van der Waals surface area contributed by atoms with Gasteiger partial charge >= 0.3 is 0 Å². The van der Waals surface area contributed by atoms with Crippen molar-refractivity contribution < 1.29 is 9.90 Å². The Morgan fingerprint density at radius 2 is 2.00 bits per heavy atom. The smallest absolute Gasteiger partial charge is 0.152 e. The molecule has 0 aromatic carbocycles. The van der Waals surface area contributed by atoms with Crippen LogP contribution in [0.1, 0.15) is 66.7 Å². The SMILES string of the molecule is CCC(C)(O)CCCC(C)C/C=C/C(C)=C/C(C)=O. The summed E-state index contributed by atoms with van der Waals surface area (Å²) in [5.74, 6) is 0.714. The van der Waals surface area contributed by atoms with E-state index in [2.05, 4.69) is 13.0 Å². The van der Waals surface area contributed by atoms with E-state index in [-0.39, 0.29) is 5.78 Å². The first kappa shape index (κ1) is 18.1. The molecule has 1 N–H and O–H groups in total. The molecule has 2 atom stereocenters. The van der Waals surface area contributed by atoms with Crippen LogP contribution in [0.15, 0.2) is 23.8 Å². The summed E-state index contributed by atoms with van der Waals surface area (Å²) in [6.07, 6.45) is 10.7. The molecule has 0 aliphatic carbocycles. The Balaban J connectivity index is 3.91. The van der Waals surface area contributed by atoms with Gasteiger partial charge in [-0.1, -0.05) is 38.8 Å². The average molecular weight is 266 g/mol. The lowest BCUT2D eigenvalue weighted by molar-refractivity contribution is -0.112. The maximum absolute atomic E-state index is 10.9. The first-order valence-electron chi connectivity index (χ1n) is 7.34. The molecule has 0 bridgehead atoms. The minimum absolute atomic E-state index is 0.0944. The van der Waals surface area contributed by atoms with Crippen LogP contribution in [-0.4, -0.2) is 16.5 Å². The van der Waals surface area contributed by atoms with Crippen molar-refractivity contribution in [3.8, 4) is 0 Å². The molecule has 0 amide bonds. The number of aliphatic hydroxyl groups is 1. The van der Waals surface area contributed by atoms with Gasteiger partial charge in [-0.05, 0) is 57.6 Å². The maximum Gasteiger partial charge on any atom is 0.152 e. The van der Waals surface area contributed by atoms with Crippen molar-refractivity contribution >= 4 is 5.78 Å². The third kappa shape index (κ3) is 10.7. The topological polar surface area (TPSA) is 37.3 Å². The lowest BCUT2D eigenvalue weighted by atomic mass is 9.92. The molecule has 19 heavy (non-hydrogen) atoms. The van der Waals surface area contributed by atoms with Gasteiger partial charge in [0, 0.05) is 0 Å². The molecule has 2 heteroatoms. The number of allylic oxidation sites excluding steroid dienone is 4. The molecule has 0 spiro atoms. The summed E-state index contributed by atoms with van der Waals surface area (Å²) < 4.78 is 0. The van der Waals surface area contributed by atoms with E-state index in [9.17, 15) is 9.90 Å². The third-order valence-corrected chi connectivity index (χ3v) is 3.52. The van der Waals surface area contributed by atoms with Crippen LogP contribution < -0.4 is 0 Å². The highest BCUT2D eigenvalue weighted by Gasteiger charge is 2.16. The number of rotatable bonds is 9. The summed E-state index contributed by atoms with van der Waals surface area (Å²) in [4.78, 5) is 10.9. The molecule has 0 aromatic heterocycles. The normalized spacial score (nSPS) is 17.5. The number of ketones is 1. The van der Waals surface area contributed by atoms with Crippen molar-refractivity contribution in [2.75, 3.05) is 0 Å². The molecule has 0 aromatic rings. The summed E-state index contributed by atoms with van der Waals surface area (Å²) in [6, 6.07) is 0. The Labute approximate surface area is 118 Å². The van der Waals surface area contributed by atoms with E-state index in [1.54, 1.807) is 13.0 Å². The Hall–Kier alpha value is -0.890. The second kappa shape index (κ2) is 9.08. The van der Waals surface area contributed by atoms with Crippen molar-refractivity contribution in [2.45, 2.75) is 72.3 Å². The maximum atomic E-state index is 10.9. The van der Waals surface area contributed by atoms with Crippen LogP contribution in [0.5, 0.6) is 0 Å². The average Bonchev–Trinajstić information content (AvgIpc) is 2.27. The minimum atomic E-state index is -0.504. The number of hydrogen-bond acceptors (Lipinski definition) is 2. The van der Waals surface area contributed by atoms with Gasteiger partial charge in [-0.15, -0.1) is 0 Å². The molecule has 110 valence electrons. The Kier molecular flexibility index (Phi) is 8.66. The fourth-order valence-corrected chi connectivity index (χ4v) is 1.98. The molecule has 2 unspecified atom stereocenters. The number of carbonyl (C=O) groups is 1. The summed E-state index contributed by atoms with van der Waals surface area (Å²) >= 11 is 0. The predicted octanol–water partition coefficient (Wildman–Crippen LogP) is 4.44. The molecular weight excluding hydrogens is 236 g/mol. The lowest BCUT2D eigenvalue weighted by Gasteiger charge is -2.21. The van der Waals surface area contributed by atoms with Crippen molar-refractivity contribution in [3.05, 3.63) is 23.8 Å². The Morgan fingerprint density at radius 3 is 2.53 bits per heavy atom. The minimum Gasteiger partial charge on any atom is -0.390 e. The van der Waals surface area contributed by atoms with E-state index >= 15 is 0 Å². The van der Waals surface area contributed by atoms with Gasteiger partial charge in [0.1, 0.15) is 0 Å². The summed E-state index contributed by atoms with van der Waals surface area (Å²) in [7, 11) is 0. The zero-order chi connectivity index (χ0) is 14.9. The van der Waals surface area contributed by atoms with Crippen molar-refractivity contribution in [2.24, 2.45) is 5.92 Å². The van der Waals surface area contributed by atoms with Gasteiger partial charge in [0.05, 0.1) is 5.60 Å². The summed E-state index contributed by atoms with van der Waals surface area (Å²) in [5, 5.41) is 9.92. The predicted molar refractivity (Wildman–Crippen MR) is 82.1 cm³/mol. The highest BCUT2D eigenvalue weighted by molar-refractivity contribution is 5.88. The molecule has 0 aliphatic rings. The standard InChI is InChI=1S/C17H30O2/c1-6-17(5,19)12-8-11-14(2)9-7-10-15(3)13-16(4)18/h7,10,13-14,19H,6,8-9,11-12H2,1-5H3/b10-7+,15-13+. The van der Waals surface area contributed by atoms with E-state index in [1.807, 2.05) is 26.8 Å². The van der Waals surface area contributed by atoms with E-state index < -0.39 is 5.60 Å². The Morgan fingerprint density at radius 1 is 1.37 bits per heavy atom. The number of carbonyl (C=O) groups excluding carboxylic acids is 1. The van der Waals surface area contributed by atoms with Gasteiger partial charge in [-0.25, -0.2) is 0 Å². The van der Waals surface area contributed by atoms with E-state index in [1.165, 1.54) is 0 Å². The van der Waals surface area contributed by atoms with Crippen LogP contribution in [0.25, 0.3) is 0 Å². The molecule has 0 aliphatic heterocycles. The second-order valence-electron chi connectivity index (χ2n) is 5.98. The molecule has 2 nitrogen and oxygen atoms in total. The Bertz CT molecular complexity index is 324. The largest absolute Gasteiger partial charge is 0.390 e. The van der Waals surface area contributed by atoms with Crippen molar-refractivity contribution in [1.29, 1.82) is 0 Å². The van der Waals surface area contributed by atoms with Crippen molar-refractivity contribution in [3.63, 3.8) is 0 Å². The molecule has 0 saturated heterocycles. The van der Waals surface area contributed by atoms with E-state index in [0.29, 0.717) is 5.92 Å². The van der Waals surface area contributed by atoms with Gasteiger partial charge in [0.25, 0.3) is 0 Å². The van der Waals surface area contributed by atoms with Crippen LogP contribution in [0, 0.1) is 5.92 Å². The fraction of sp³-hybridized carbons (Fsp3) is 0.706. The monoisotopic (exact) mass is 266 g/mol. The van der Waals surface area contributed by atoms with Crippen LogP contribution in [0.4, 0.5) is 0 Å². The van der Waals surface area contributed by atoms with Crippen molar-refractivity contribution in [1.82, 2.24) is 0 Å². The molecule has 0 fully saturated rings. The first-order valence-corrected chi connectivity index (χ1v) is 7.34. The van der Waals surface area contributed by atoms with Gasteiger partial charge in [0.2, 0.25) is 0 Å². The zero-order valence-corrected chi connectivity index (χ0v) is 13.2. The van der Waals surface area contributed by atoms with Crippen LogP contribution >= 0.6 is 0 Å².